The topological polar surface area (TPSA) is 88.6 Å². The number of benzene rings is 1. The number of hydrogen-bond acceptors (Lipinski definition) is 6. The highest BCUT2D eigenvalue weighted by Crippen LogP contribution is 2.52. The maximum absolute atomic E-state index is 13.0. The fourth-order valence-corrected chi connectivity index (χ4v) is 4.86. The van der Waals surface area contributed by atoms with E-state index in [0.29, 0.717) is 0 Å². The number of nitrogens with one attached hydrogen (secondary N) is 1. The van der Waals surface area contributed by atoms with Crippen molar-refractivity contribution in [2.45, 2.75) is 25.4 Å². The molecule has 0 saturated carbocycles. The lowest BCUT2D eigenvalue weighted by atomic mass is 9.73. The third-order valence-corrected chi connectivity index (χ3v) is 6.27. The maximum atomic E-state index is 13.0. The van der Waals surface area contributed by atoms with Gasteiger partial charge in [0.25, 0.3) is 0 Å². The second-order valence-corrected chi connectivity index (χ2v) is 7.79. The Balaban J connectivity index is 1.95. The Hall–Kier alpha value is -2.80. The highest BCUT2D eigenvalue weighted by Gasteiger charge is 2.69. The van der Waals surface area contributed by atoms with Crippen LogP contribution in [0.3, 0.4) is 0 Å². The molecule has 2 aliphatic heterocycles. The first kappa shape index (κ1) is 18.6. The minimum absolute atomic E-state index is 0.256. The van der Waals surface area contributed by atoms with Gasteiger partial charge in [0.1, 0.15) is 5.54 Å². The van der Waals surface area contributed by atoms with Gasteiger partial charge >= 0.3 is 5.97 Å². The predicted octanol–water partition coefficient (Wildman–Crippen LogP) is 1.68. The molecule has 2 aliphatic rings. The van der Waals surface area contributed by atoms with Crippen molar-refractivity contribution >= 4 is 28.7 Å². The van der Waals surface area contributed by atoms with Crippen molar-refractivity contribution in [1.82, 2.24) is 15.2 Å². The SMILES string of the molecule is COC(=O)[C@@]1(C(C)C)N[C@@H](c2ccnc3ccccc23)[C@H]2C(=O)N(C)C(=O)[C@H]21. The van der Waals surface area contributed by atoms with Gasteiger partial charge in [0, 0.05) is 24.7 Å². The molecule has 28 heavy (non-hydrogen) atoms. The first-order chi connectivity index (χ1) is 13.3. The Kier molecular flexibility index (Phi) is 4.23. The summed E-state index contributed by atoms with van der Waals surface area (Å²) < 4.78 is 5.10. The number of esters is 1. The second kappa shape index (κ2) is 6.38. The van der Waals surface area contributed by atoms with E-state index in [4.69, 9.17) is 4.74 Å². The Morgan fingerprint density at radius 1 is 1.21 bits per heavy atom. The van der Waals surface area contributed by atoms with Crippen LogP contribution in [0.4, 0.5) is 0 Å². The molecule has 1 aromatic heterocycles. The van der Waals surface area contributed by atoms with Gasteiger partial charge in [0.15, 0.2) is 0 Å². The molecule has 2 aromatic rings. The highest BCUT2D eigenvalue weighted by molar-refractivity contribution is 6.09. The van der Waals surface area contributed by atoms with Gasteiger partial charge in [0.05, 0.1) is 24.5 Å². The zero-order chi connectivity index (χ0) is 20.2. The predicted molar refractivity (Wildman–Crippen MR) is 102 cm³/mol. The summed E-state index contributed by atoms with van der Waals surface area (Å²) in [5, 5.41) is 4.27. The number of imide groups is 1. The average molecular weight is 381 g/mol. The summed E-state index contributed by atoms with van der Waals surface area (Å²) in [5.74, 6) is -2.88. The van der Waals surface area contributed by atoms with Gasteiger partial charge in [-0.1, -0.05) is 32.0 Å². The molecule has 0 bridgehead atoms. The molecular formula is C21H23N3O4. The van der Waals surface area contributed by atoms with E-state index in [1.807, 2.05) is 44.2 Å². The van der Waals surface area contributed by atoms with Crippen LogP contribution < -0.4 is 5.32 Å². The fraction of sp³-hybridized carbons (Fsp3) is 0.429. The minimum atomic E-state index is -1.27. The van der Waals surface area contributed by atoms with Gasteiger partial charge in [-0.2, -0.15) is 0 Å². The molecular weight excluding hydrogens is 358 g/mol. The third kappa shape index (κ3) is 2.26. The molecule has 0 aliphatic carbocycles. The summed E-state index contributed by atoms with van der Waals surface area (Å²) in [6.07, 6.45) is 1.69. The largest absolute Gasteiger partial charge is 0.468 e. The quantitative estimate of drug-likeness (QED) is 0.643. The van der Waals surface area contributed by atoms with Crippen LogP contribution in [0.1, 0.15) is 25.5 Å². The van der Waals surface area contributed by atoms with Crippen molar-refractivity contribution in [3.63, 3.8) is 0 Å². The lowest BCUT2D eigenvalue weighted by molar-refractivity contribution is -0.156. The van der Waals surface area contributed by atoms with Gasteiger partial charge in [0.2, 0.25) is 11.8 Å². The van der Waals surface area contributed by atoms with E-state index in [2.05, 4.69) is 10.3 Å². The van der Waals surface area contributed by atoms with E-state index in [1.165, 1.54) is 14.2 Å². The van der Waals surface area contributed by atoms with E-state index >= 15 is 0 Å². The van der Waals surface area contributed by atoms with Crippen LogP contribution in [-0.2, 0) is 19.1 Å². The molecule has 0 unspecified atom stereocenters. The number of likely N-dealkylation sites (tertiary alicyclic amines) is 1. The van der Waals surface area contributed by atoms with Crippen molar-refractivity contribution in [2.75, 3.05) is 14.2 Å². The molecule has 1 aromatic carbocycles. The number of ether oxygens (including phenoxy) is 1. The minimum Gasteiger partial charge on any atom is -0.468 e. The zero-order valence-electron chi connectivity index (χ0n) is 16.3. The summed E-state index contributed by atoms with van der Waals surface area (Å²) in [6.45, 7) is 3.73. The number of carbonyl (C=O) groups is 3. The smallest absolute Gasteiger partial charge is 0.327 e. The second-order valence-electron chi connectivity index (χ2n) is 7.79. The molecule has 7 heteroatoms. The number of hydrogen-bond donors (Lipinski definition) is 1. The van der Waals surface area contributed by atoms with Crippen molar-refractivity contribution in [2.24, 2.45) is 17.8 Å². The molecule has 4 rings (SSSR count). The molecule has 2 fully saturated rings. The van der Waals surface area contributed by atoms with Gasteiger partial charge in [-0.05, 0) is 23.6 Å². The molecule has 0 spiro atoms. The van der Waals surface area contributed by atoms with Gasteiger partial charge in [-0.25, -0.2) is 0 Å². The third-order valence-electron chi connectivity index (χ3n) is 6.27. The molecule has 4 atom stereocenters. The van der Waals surface area contributed by atoms with Gasteiger partial charge < -0.3 is 4.74 Å². The number of para-hydroxylation sites is 1. The van der Waals surface area contributed by atoms with Crippen LogP contribution >= 0.6 is 0 Å². The molecule has 2 amide bonds. The lowest BCUT2D eigenvalue weighted by Crippen LogP contribution is -2.59. The van der Waals surface area contributed by atoms with Crippen molar-refractivity contribution in [3.8, 4) is 0 Å². The normalized spacial score (nSPS) is 29.6. The molecule has 0 radical (unpaired) electrons. The fourth-order valence-electron chi connectivity index (χ4n) is 4.86. The number of nitrogens with zero attached hydrogens (tertiary/aromatic N) is 2. The number of carbonyl (C=O) groups excluding carboxylic acids is 3. The highest BCUT2D eigenvalue weighted by atomic mass is 16.5. The lowest BCUT2D eigenvalue weighted by Gasteiger charge is -2.35. The van der Waals surface area contributed by atoms with Crippen molar-refractivity contribution < 1.29 is 19.1 Å². The summed E-state index contributed by atoms with van der Waals surface area (Å²) in [5.41, 5.74) is 0.374. The summed E-state index contributed by atoms with van der Waals surface area (Å²) in [7, 11) is 2.79. The number of rotatable bonds is 3. The summed E-state index contributed by atoms with van der Waals surface area (Å²) in [4.78, 5) is 44.5. The molecule has 2 saturated heterocycles. The molecule has 1 N–H and O–H groups in total. The Bertz CT molecular complexity index is 983. The zero-order valence-corrected chi connectivity index (χ0v) is 16.3. The molecule has 7 nitrogen and oxygen atoms in total. The van der Waals surface area contributed by atoms with Gasteiger partial charge in [-0.15, -0.1) is 0 Å². The summed E-state index contributed by atoms with van der Waals surface area (Å²) in [6, 6.07) is 8.99. The number of pyridine rings is 1. The van der Waals surface area contributed by atoms with Crippen molar-refractivity contribution in [3.05, 3.63) is 42.1 Å². The van der Waals surface area contributed by atoms with E-state index < -0.39 is 29.4 Å². The number of aromatic nitrogens is 1. The molecule has 3 heterocycles. The van der Waals surface area contributed by atoms with Crippen LogP contribution in [0.2, 0.25) is 0 Å². The van der Waals surface area contributed by atoms with Gasteiger partial charge in [-0.3, -0.25) is 29.6 Å². The van der Waals surface area contributed by atoms with Crippen LogP contribution in [0.25, 0.3) is 10.9 Å². The van der Waals surface area contributed by atoms with E-state index in [-0.39, 0.29) is 17.7 Å². The monoisotopic (exact) mass is 381 g/mol. The Morgan fingerprint density at radius 3 is 2.61 bits per heavy atom. The summed E-state index contributed by atoms with van der Waals surface area (Å²) >= 11 is 0. The Morgan fingerprint density at radius 2 is 1.93 bits per heavy atom. The standard InChI is InChI=1S/C21H23N3O4/c1-11(2)21(20(27)28-4)16-15(18(25)24(3)19(16)26)17(23-21)13-9-10-22-14-8-6-5-7-12(13)14/h5-11,15-17,23H,1-4H3/t15-,16-,17-,21-/m0/s1. The van der Waals surface area contributed by atoms with Crippen LogP contribution in [0.5, 0.6) is 0 Å². The number of fused-ring (bicyclic) bond motifs is 2. The average Bonchev–Trinajstić information content (AvgIpc) is 3.17. The van der Waals surface area contributed by atoms with Crippen LogP contribution in [0.15, 0.2) is 36.5 Å². The van der Waals surface area contributed by atoms with E-state index in [0.717, 1.165) is 21.4 Å². The number of methoxy groups -OCH3 is 1. The first-order valence-electron chi connectivity index (χ1n) is 9.35. The van der Waals surface area contributed by atoms with E-state index in [1.54, 1.807) is 6.20 Å². The Labute approximate surface area is 163 Å². The van der Waals surface area contributed by atoms with Crippen LogP contribution in [0, 0.1) is 17.8 Å². The van der Waals surface area contributed by atoms with Crippen molar-refractivity contribution in [1.29, 1.82) is 0 Å². The first-order valence-corrected chi connectivity index (χ1v) is 9.35. The van der Waals surface area contributed by atoms with E-state index in [9.17, 15) is 14.4 Å². The maximum Gasteiger partial charge on any atom is 0.327 e. The van der Waals surface area contributed by atoms with Crippen LogP contribution in [-0.4, -0.2) is 47.4 Å². The number of amides is 2. The molecule has 146 valence electrons.